The van der Waals surface area contributed by atoms with Crippen LogP contribution in [0.5, 0.6) is 5.75 Å². The molecule has 0 unspecified atom stereocenters. The number of hydrogen-bond acceptors (Lipinski definition) is 6. The molecule has 0 aliphatic carbocycles. The molecule has 1 N–H and O–H groups in total. The number of amides is 1. The van der Waals surface area contributed by atoms with Crippen molar-refractivity contribution < 1.29 is 23.9 Å². The zero-order valence-corrected chi connectivity index (χ0v) is 18.3. The summed E-state index contributed by atoms with van der Waals surface area (Å²) < 4.78 is 10.8. The first kappa shape index (κ1) is 23.6. The van der Waals surface area contributed by atoms with Crippen LogP contribution in [0, 0.1) is 16.7 Å². The molecule has 2 aromatic carbocycles. The SMILES string of the molecule is C[C@H](Oc1ccc(C#N)cc1)C(=O)O[C@H](C)C(=O)c1ccc(NC(=O)C(C)(C)C)cc1. The van der Waals surface area contributed by atoms with Crippen LogP contribution in [0.3, 0.4) is 0 Å². The number of ketones is 1. The lowest BCUT2D eigenvalue weighted by molar-refractivity contribution is -0.153. The van der Waals surface area contributed by atoms with Crippen molar-refractivity contribution in [2.45, 2.75) is 46.8 Å². The van der Waals surface area contributed by atoms with Gasteiger partial charge in [-0.2, -0.15) is 5.26 Å². The molecule has 0 bridgehead atoms. The van der Waals surface area contributed by atoms with Crippen LogP contribution < -0.4 is 10.1 Å². The van der Waals surface area contributed by atoms with Crippen LogP contribution in [0.2, 0.25) is 0 Å². The number of nitrogens with zero attached hydrogens (tertiary/aromatic N) is 1. The zero-order valence-electron chi connectivity index (χ0n) is 18.3. The molecule has 2 atom stereocenters. The molecule has 162 valence electrons. The highest BCUT2D eigenvalue weighted by atomic mass is 16.6. The Morgan fingerprint density at radius 1 is 0.935 bits per heavy atom. The molecular weight excluding hydrogens is 396 g/mol. The maximum Gasteiger partial charge on any atom is 0.347 e. The third-order valence-electron chi connectivity index (χ3n) is 4.40. The molecule has 0 fully saturated rings. The van der Waals surface area contributed by atoms with Crippen molar-refractivity contribution in [1.82, 2.24) is 0 Å². The molecule has 0 aliphatic rings. The highest BCUT2D eigenvalue weighted by molar-refractivity contribution is 6.01. The summed E-state index contributed by atoms with van der Waals surface area (Å²) >= 11 is 0. The van der Waals surface area contributed by atoms with Crippen molar-refractivity contribution in [1.29, 1.82) is 5.26 Å². The molecule has 2 rings (SSSR count). The molecule has 0 radical (unpaired) electrons. The molecule has 0 aromatic heterocycles. The zero-order chi connectivity index (χ0) is 23.2. The third-order valence-corrected chi connectivity index (χ3v) is 4.40. The van der Waals surface area contributed by atoms with Gasteiger partial charge in [0.15, 0.2) is 12.2 Å². The van der Waals surface area contributed by atoms with Crippen molar-refractivity contribution >= 4 is 23.3 Å². The van der Waals surface area contributed by atoms with E-state index in [4.69, 9.17) is 14.7 Å². The van der Waals surface area contributed by atoms with Gasteiger partial charge in [-0.05, 0) is 62.4 Å². The topological polar surface area (TPSA) is 105 Å². The molecule has 31 heavy (non-hydrogen) atoms. The Morgan fingerprint density at radius 3 is 2.03 bits per heavy atom. The Labute approximate surface area is 182 Å². The number of benzene rings is 2. The lowest BCUT2D eigenvalue weighted by atomic mass is 9.95. The summed E-state index contributed by atoms with van der Waals surface area (Å²) in [4.78, 5) is 36.9. The van der Waals surface area contributed by atoms with E-state index in [0.717, 1.165) is 0 Å². The smallest absolute Gasteiger partial charge is 0.347 e. The van der Waals surface area contributed by atoms with Gasteiger partial charge in [-0.3, -0.25) is 9.59 Å². The summed E-state index contributed by atoms with van der Waals surface area (Å²) in [6.45, 7) is 8.43. The average Bonchev–Trinajstić information content (AvgIpc) is 2.73. The Kier molecular flexibility index (Phi) is 7.54. The molecule has 0 aliphatic heterocycles. The summed E-state index contributed by atoms with van der Waals surface area (Å²) in [5.41, 5.74) is 0.874. The molecular formula is C24H26N2O5. The van der Waals surface area contributed by atoms with Crippen molar-refractivity contribution in [3.63, 3.8) is 0 Å². The monoisotopic (exact) mass is 422 g/mol. The van der Waals surface area contributed by atoms with E-state index in [1.165, 1.54) is 13.8 Å². The fourth-order valence-electron chi connectivity index (χ4n) is 2.45. The second-order valence-corrected chi connectivity index (χ2v) is 8.12. The van der Waals surface area contributed by atoms with Gasteiger partial charge in [0.25, 0.3) is 0 Å². The Balaban J connectivity index is 1.93. The molecule has 0 spiro atoms. The lowest BCUT2D eigenvalue weighted by Gasteiger charge is -2.18. The van der Waals surface area contributed by atoms with E-state index in [9.17, 15) is 14.4 Å². The van der Waals surface area contributed by atoms with E-state index >= 15 is 0 Å². The average molecular weight is 422 g/mol. The molecule has 0 saturated heterocycles. The van der Waals surface area contributed by atoms with Crippen LogP contribution >= 0.6 is 0 Å². The van der Waals surface area contributed by atoms with Crippen LogP contribution in [0.4, 0.5) is 5.69 Å². The quantitative estimate of drug-likeness (QED) is 0.531. The predicted molar refractivity (Wildman–Crippen MR) is 116 cm³/mol. The van der Waals surface area contributed by atoms with Crippen molar-refractivity contribution in [3.8, 4) is 11.8 Å². The summed E-state index contributed by atoms with van der Waals surface area (Å²) in [5, 5.41) is 11.6. The summed E-state index contributed by atoms with van der Waals surface area (Å²) in [6, 6.07) is 14.7. The van der Waals surface area contributed by atoms with Crippen molar-refractivity contribution in [3.05, 3.63) is 59.7 Å². The largest absolute Gasteiger partial charge is 0.479 e. The third kappa shape index (κ3) is 6.68. The number of rotatable bonds is 7. The Bertz CT molecular complexity index is 983. The van der Waals surface area contributed by atoms with E-state index in [1.54, 1.807) is 48.5 Å². The summed E-state index contributed by atoms with van der Waals surface area (Å²) in [5.74, 6) is -0.771. The maximum absolute atomic E-state index is 12.6. The van der Waals surface area contributed by atoms with Gasteiger partial charge in [0, 0.05) is 16.7 Å². The fraction of sp³-hybridized carbons (Fsp3) is 0.333. The number of esters is 1. The van der Waals surface area contributed by atoms with E-state index in [-0.39, 0.29) is 11.7 Å². The van der Waals surface area contributed by atoms with Crippen LogP contribution in [-0.4, -0.2) is 29.9 Å². The van der Waals surface area contributed by atoms with Gasteiger partial charge in [-0.15, -0.1) is 0 Å². The van der Waals surface area contributed by atoms with Crippen molar-refractivity contribution in [2.24, 2.45) is 5.41 Å². The van der Waals surface area contributed by atoms with E-state index in [2.05, 4.69) is 5.32 Å². The van der Waals surface area contributed by atoms with E-state index in [1.807, 2.05) is 26.8 Å². The van der Waals surface area contributed by atoms with Gasteiger partial charge < -0.3 is 14.8 Å². The number of nitrogens with one attached hydrogen (secondary N) is 1. The number of hydrogen-bond donors (Lipinski definition) is 1. The van der Waals surface area contributed by atoms with Crippen LogP contribution in [0.25, 0.3) is 0 Å². The van der Waals surface area contributed by atoms with Gasteiger partial charge in [0.2, 0.25) is 11.7 Å². The van der Waals surface area contributed by atoms with E-state index in [0.29, 0.717) is 22.6 Å². The number of anilines is 1. The highest BCUT2D eigenvalue weighted by Crippen LogP contribution is 2.19. The first-order chi connectivity index (χ1) is 14.5. The van der Waals surface area contributed by atoms with Crippen molar-refractivity contribution in [2.75, 3.05) is 5.32 Å². The minimum Gasteiger partial charge on any atom is -0.479 e. The number of carbonyl (C=O) groups excluding carboxylic acids is 3. The minimum absolute atomic E-state index is 0.134. The molecule has 1 amide bonds. The number of ether oxygens (including phenoxy) is 2. The summed E-state index contributed by atoms with van der Waals surface area (Å²) in [6.07, 6.45) is -1.94. The Morgan fingerprint density at radius 2 is 1.52 bits per heavy atom. The van der Waals surface area contributed by atoms with Crippen LogP contribution in [0.15, 0.2) is 48.5 Å². The molecule has 2 aromatic rings. The van der Waals surface area contributed by atoms with Gasteiger partial charge in [-0.1, -0.05) is 20.8 Å². The normalized spacial score (nSPS) is 12.8. The van der Waals surface area contributed by atoms with Crippen LogP contribution in [0.1, 0.15) is 50.5 Å². The predicted octanol–water partition coefficient (Wildman–Crippen LogP) is 4.12. The first-order valence-electron chi connectivity index (χ1n) is 9.84. The Hall–Kier alpha value is -3.66. The molecule has 0 saturated carbocycles. The van der Waals surface area contributed by atoms with Gasteiger partial charge in [0.1, 0.15) is 5.75 Å². The van der Waals surface area contributed by atoms with E-state index < -0.39 is 23.6 Å². The minimum atomic E-state index is -1.01. The van der Waals surface area contributed by atoms with Gasteiger partial charge >= 0.3 is 5.97 Å². The standard InChI is InChI=1S/C24H26N2O5/c1-15(31-22(28)16(2)30-20-12-6-17(14-25)7-13-20)21(27)18-8-10-19(11-9-18)26-23(29)24(3,4)5/h6-13,15-16H,1-5H3,(H,26,29)/t15-,16+/m1/s1. The number of nitriles is 1. The second-order valence-electron chi connectivity index (χ2n) is 8.12. The highest BCUT2D eigenvalue weighted by Gasteiger charge is 2.25. The summed E-state index contributed by atoms with van der Waals surface area (Å²) in [7, 11) is 0. The number of carbonyl (C=O) groups is 3. The maximum atomic E-state index is 12.6. The van der Waals surface area contributed by atoms with Gasteiger partial charge in [-0.25, -0.2) is 4.79 Å². The lowest BCUT2D eigenvalue weighted by Crippen LogP contribution is -2.32. The molecule has 0 heterocycles. The molecule has 7 heteroatoms. The fourth-order valence-corrected chi connectivity index (χ4v) is 2.45. The molecule has 7 nitrogen and oxygen atoms in total. The number of Topliss-reactive ketones (excluding diaryl/α,β-unsaturated/α-hetero) is 1. The second kappa shape index (κ2) is 9.90. The van der Waals surface area contributed by atoms with Gasteiger partial charge in [0.05, 0.1) is 11.6 Å². The first-order valence-corrected chi connectivity index (χ1v) is 9.84. The van der Waals surface area contributed by atoms with Crippen LogP contribution in [-0.2, 0) is 14.3 Å².